The molecule has 2 N–H and O–H groups in total. The molecule has 0 aromatic rings. The molecule has 9 heavy (non-hydrogen) atoms. The Bertz CT molecular complexity index is 91.1. The van der Waals surface area contributed by atoms with Crippen molar-refractivity contribution in [3.8, 4) is 0 Å². The van der Waals surface area contributed by atoms with Crippen molar-refractivity contribution in [1.29, 1.82) is 0 Å². The van der Waals surface area contributed by atoms with Crippen LogP contribution in [-0.4, -0.2) is 18.8 Å². The number of fused-ring (bicyclic) bond motifs is 1. The third kappa shape index (κ3) is 0.970. The Labute approximate surface area is 56.0 Å². The number of rotatable bonds is 0. The summed E-state index contributed by atoms with van der Waals surface area (Å²) in [6.07, 6.45) is 5.63. The highest BCUT2D eigenvalue weighted by Gasteiger charge is 2.27. The lowest BCUT2D eigenvalue weighted by Gasteiger charge is -2.23. The summed E-state index contributed by atoms with van der Waals surface area (Å²) in [6, 6.07) is 1.61. The lowest BCUT2D eigenvalue weighted by Crippen LogP contribution is -2.36. The first-order valence-electron chi connectivity index (χ1n) is 3.93. The van der Waals surface area contributed by atoms with Crippen LogP contribution >= 0.6 is 0 Å². The van der Waals surface area contributed by atoms with Gasteiger partial charge in [-0.2, -0.15) is 0 Å². The van der Waals surface area contributed by atoms with Crippen molar-refractivity contribution < 1.29 is 0 Å². The smallest absolute Gasteiger partial charge is 0.0459 e. The molecule has 0 aromatic carbocycles. The second-order valence-corrected chi connectivity index (χ2v) is 3.08. The van der Waals surface area contributed by atoms with E-state index < -0.39 is 0 Å². The minimum atomic E-state index is 0.804. The van der Waals surface area contributed by atoms with Gasteiger partial charge in [-0.15, -0.1) is 0 Å². The molecule has 1 saturated heterocycles. The van der Waals surface area contributed by atoms with Crippen LogP contribution in [-0.2, 0) is 0 Å². The molecule has 2 rings (SSSR count). The third-order valence-electron chi connectivity index (χ3n) is 2.49. The van der Waals surface area contributed by atoms with E-state index in [0.29, 0.717) is 0 Å². The van der Waals surface area contributed by atoms with E-state index in [9.17, 15) is 0 Å². The van der Waals surface area contributed by atoms with Gasteiger partial charge in [-0.05, 0) is 12.8 Å². The summed E-state index contributed by atoms with van der Waals surface area (Å²) in [5.74, 6) is 0. The average Bonchev–Trinajstić information content (AvgIpc) is 2.33. The van der Waals surface area contributed by atoms with Gasteiger partial charge in [0.15, 0.2) is 0 Å². The Morgan fingerprint density at radius 2 is 1.44 bits per heavy atom. The maximum Gasteiger partial charge on any atom is 0.0459 e. The summed E-state index contributed by atoms with van der Waals surface area (Å²) in [5, 5.41) is 6.89. The molecule has 2 atom stereocenters. The van der Waals surface area contributed by atoms with Crippen LogP contribution in [0.4, 0.5) is 0 Å². The lowest BCUT2D eigenvalue weighted by molar-refractivity contribution is 0.374. The molecule has 1 aliphatic carbocycles. The molecule has 2 aliphatic rings. The van der Waals surface area contributed by atoms with E-state index in [1.54, 1.807) is 0 Å². The summed E-state index contributed by atoms with van der Waals surface area (Å²) in [4.78, 5) is 0. The second kappa shape index (κ2) is 2.27. The molecule has 0 amide bonds. The first-order chi connectivity index (χ1) is 4.47. The zero-order valence-corrected chi connectivity index (χ0v) is 5.69. The number of hydrogen-bond acceptors (Lipinski definition) is 2. The molecule has 1 unspecified atom stereocenters. The molecule has 2 fully saturated rings. The SMILES string of the molecule is C1CC[C@@H]2NCNC2C1. The number of nitrogens with one attached hydrogen (secondary N) is 2. The Hall–Kier alpha value is -0.0800. The van der Waals surface area contributed by atoms with Crippen LogP contribution < -0.4 is 10.6 Å². The van der Waals surface area contributed by atoms with Gasteiger partial charge in [-0.3, -0.25) is 0 Å². The van der Waals surface area contributed by atoms with Crippen molar-refractivity contribution in [3.05, 3.63) is 0 Å². The molecular formula is C7H14N2. The third-order valence-corrected chi connectivity index (χ3v) is 2.49. The highest BCUT2D eigenvalue weighted by atomic mass is 15.2. The van der Waals surface area contributed by atoms with Crippen molar-refractivity contribution >= 4 is 0 Å². The summed E-state index contributed by atoms with van der Waals surface area (Å²) in [5.41, 5.74) is 0. The van der Waals surface area contributed by atoms with Gasteiger partial charge >= 0.3 is 0 Å². The molecule has 0 aromatic heterocycles. The molecule has 0 radical (unpaired) electrons. The van der Waals surface area contributed by atoms with Gasteiger partial charge in [0, 0.05) is 18.8 Å². The van der Waals surface area contributed by atoms with Crippen molar-refractivity contribution in [2.24, 2.45) is 0 Å². The van der Waals surface area contributed by atoms with E-state index in [1.807, 2.05) is 0 Å². The van der Waals surface area contributed by atoms with Crippen LogP contribution in [0.5, 0.6) is 0 Å². The summed E-state index contributed by atoms with van der Waals surface area (Å²) < 4.78 is 0. The van der Waals surface area contributed by atoms with E-state index in [1.165, 1.54) is 25.7 Å². The molecule has 0 spiro atoms. The van der Waals surface area contributed by atoms with Crippen LogP contribution in [0.25, 0.3) is 0 Å². The predicted molar refractivity (Wildman–Crippen MR) is 37.2 cm³/mol. The van der Waals surface area contributed by atoms with Crippen LogP contribution in [0.3, 0.4) is 0 Å². The topological polar surface area (TPSA) is 24.1 Å². The fourth-order valence-electron chi connectivity index (χ4n) is 1.94. The molecule has 2 heteroatoms. The molecule has 1 saturated carbocycles. The maximum atomic E-state index is 3.45. The highest BCUT2D eigenvalue weighted by Crippen LogP contribution is 2.20. The molecule has 2 nitrogen and oxygen atoms in total. The Balaban J connectivity index is 1.97. The standard InChI is InChI=1S/C7H14N2/c1-2-4-7-6(3-1)8-5-9-7/h6-9H,1-5H2/t6-,7?/m0/s1. The zero-order valence-electron chi connectivity index (χ0n) is 5.69. The molecule has 1 aliphatic heterocycles. The lowest BCUT2D eigenvalue weighted by atomic mass is 9.92. The van der Waals surface area contributed by atoms with Crippen LogP contribution in [0.15, 0.2) is 0 Å². The monoisotopic (exact) mass is 126 g/mol. The maximum absolute atomic E-state index is 3.45. The van der Waals surface area contributed by atoms with Crippen molar-refractivity contribution in [2.75, 3.05) is 6.67 Å². The zero-order chi connectivity index (χ0) is 6.10. The highest BCUT2D eigenvalue weighted by molar-refractivity contribution is 4.90. The second-order valence-electron chi connectivity index (χ2n) is 3.08. The quantitative estimate of drug-likeness (QED) is 0.492. The van der Waals surface area contributed by atoms with Crippen LogP contribution in [0, 0.1) is 0 Å². The van der Waals surface area contributed by atoms with Gasteiger partial charge in [0.05, 0.1) is 0 Å². The van der Waals surface area contributed by atoms with E-state index >= 15 is 0 Å². The Morgan fingerprint density at radius 3 is 2.00 bits per heavy atom. The van der Waals surface area contributed by atoms with Crippen molar-refractivity contribution in [1.82, 2.24) is 10.6 Å². The van der Waals surface area contributed by atoms with E-state index in [4.69, 9.17) is 0 Å². The number of hydrogen-bond donors (Lipinski definition) is 2. The van der Waals surface area contributed by atoms with E-state index in [0.717, 1.165) is 18.8 Å². The van der Waals surface area contributed by atoms with Gasteiger partial charge in [-0.25, -0.2) is 0 Å². The normalized spacial score (nSPS) is 42.7. The van der Waals surface area contributed by atoms with Crippen molar-refractivity contribution in [3.63, 3.8) is 0 Å². The minimum Gasteiger partial charge on any atom is -0.300 e. The van der Waals surface area contributed by atoms with Crippen LogP contribution in [0.2, 0.25) is 0 Å². The molecular weight excluding hydrogens is 112 g/mol. The fraction of sp³-hybridized carbons (Fsp3) is 1.00. The van der Waals surface area contributed by atoms with Crippen molar-refractivity contribution in [2.45, 2.75) is 37.8 Å². The summed E-state index contributed by atoms with van der Waals surface area (Å²) in [7, 11) is 0. The Morgan fingerprint density at radius 1 is 0.889 bits per heavy atom. The summed E-state index contributed by atoms with van der Waals surface area (Å²) >= 11 is 0. The molecule has 52 valence electrons. The molecule has 1 heterocycles. The largest absolute Gasteiger partial charge is 0.300 e. The van der Waals surface area contributed by atoms with Gasteiger partial charge < -0.3 is 10.6 Å². The van der Waals surface area contributed by atoms with Gasteiger partial charge in [0.1, 0.15) is 0 Å². The minimum absolute atomic E-state index is 0.804. The first-order valence-corrected chi connectivity index (χ1v) is 3.93. The van der Waals surface area contributed by atoms with E-state index in [2.05, 4.69) is 10.6 Å². The van der Waals surface area contributed by atoms with E-state index in [-0.39, 0.29) is 0 Å². The fourth-order valence-corrected chi connectivity index (χ4v) is 1.94. The predicted octanol–water partition coefficient (Wildman–Crippen LogP) is 0.448. The Kier molecular flexibility index (Phi) is 1.44. The van der Waals surface area contributed by atoms with Gasteiger partial charge in [0.25, 0.3) is 0 Å². The summed E-state index contributed by atoms with van der Waals surface area (Å²) in [6.45, 7) is 1.04. The molecule has 0 bridgehead atoms. The average molecular weight is 126 g/mol. The van der Waals surface area contributed by atoms with Gasteiger partial charge in [-0.1, -0.05) is 12.8 Å². The van der Waals surface area contributed by atoms with Gasteiger partial charge in [0.2, 0.25) is 0 Å². The first kappa shape index (κ1) is 5.69. The van der Waals surface area contributed by atoms with Crippen LogP contribution in [0.1, 0.15) is 25.7 Å².